The van der Waals surface area contributed by atoms with Crippen LogP contribution in [0.4, 0.5) is 4.79 Å². The first-order chi connectivity index (χ1) is 16.5. The molecule has 0 aromatic heterocycles. The van der Waals surface area contributed by atoms with Crippen LogP contribution >= 0.6 is 0 Å². The summed E-state index contributed by atoms with van der Waals surface area (Å²) >= 11 is 0. The molecule has 4 rings (SSSR count). The van der Waals surface area contributed by atoms with Gasteiger partial charge >= 0.3 is 12.1 Å². The van der Waals surface area contributed by atoms with Crippen molar-refractivity contribution in [3.63, 3.8) is 0 Å². The monoisotopic (exact) mass is 466 g/mol. The Labute approximate surface area is 198 Å². The van der Waals surface area contributed by atoms with Crippen LogP contribution in [-0.4, -0.2) is 55.0 Å². The SMILES string of the molecule is CCCC(CNC(=O)[C@@H]1OCC[C@@H]1NC(=O)OCC1c2ccccc2-c2ccccc21)C(=O)O. The number of carboxylic acids is 1. The first kappa shape index (κ1) is 23.8. The smallest absolute Gasteiger partial charge is 0.407 e. The molecule has 0 saturated carbocycles. The predicted molar refractivity (Wildman–Crippen MR) is 125 cm³/mol. The zero-order chi connectivity index (χ0) is 24.1. The van der Waals surface area contributed by atoms with Crippen molar-refractivity contribution in [3.8, 4) is 11.1 Å². The van der Waals surface area contributed by atoms with Crippen LogP contribution in [0.1, 0.15) is 43.2 Å². The molecule has 0 radical (unpaired) electrons. The number of carbonyl (C=O) groups is 3. The Hall–Kier alpha value is -3.39. The van der Waals surface area contributed by atoms with Crippen molar-refractivity contribution in [2.24, 2.45) is 5.92 Å². The second-order valence-electron chi connectivity index (χ2n) is 8.73. The van der Waals surface area contributed by atoms with Crippen LogP contribution in [0.15, 0.2) is 48.5 Å². The van der Waals surface area contributed by atoms with Crippen molar-refractivity contribution in [3.05, 3.63) is 59.7 Å². The lowest BCUT2D eigenvalue weighted by molar-refractivity contribution is -0.142. The van der Waals surface area contributed by atoms with Crippen LogP contribution in [0.25, 0.3) is 11.1 Å². The van der Waals surface area contributed by atoms with Gasteiger partial charge in [-0.1, -0.05) is 61.9 Å². The van der Waals surface area contributed by atoms with Gasteiger partial charge in [0.1, 0.15) is 6.61 Å². The standard InChI is InChI=1S/C26H30N2O6/c1-2-7-16(25(30)31)14-27-24(29)23-22(12-13-33-23)28-26(32)34-15-21-19-10-5-3-8-17(19)18-9-4-6-11-20(18)21/h3-6,8-11,16,21-23H,2,7,12-15H2,1H3,(H,27,29)(H,28,32)(H,30,31)/t16?,22-,23+/m0/s1. The number of carboxylic acid groups (broad SMARTS) is 1. The minimum atomic E-state index is -0.942. The third-order valence-electron chi connectivity index (χ3n) is 6.51. The Morgan fingerprint density at radius 2 is 1.74 bits per heavy atom. The number of aliphatic carboxylic acids is 1. The lowest BCUT2D eigenvalue weighted by atomic mass is 9.98. The number of fused-ring (bicyclic) bond motifs is 3. The van der Waals surface area contributed by atoms with Crippen LogP contribution < -0.4 is 10.6 Å². The number of amides is 2. The van der Waals surface area contributed by atoms with E-state index in [-0.39, 0.29) is 19.1 Å². The van der Waals surface area contributed by atoms with Crippen molar-refractivity contribution < 1.29 is 29.0 Å². The molecule has 1 unspecified atom stereocenters. The number of hydrogen-bond acceptors (Lipinski definition) is 5. The summed E-state index contributed by atoms with van der Waals surface area (Å²) in [6.07, 6.45) is 0.169. The molecule has 3 N–H and O–H groups in total. The van der Waals surface area contributed by atoms with Crippen molar-refractivity contribution in [2.75, 3.05) is 19.8 Å². The Morgan fingerprint density at radius 1 is 1.09 bits per heavy atom. The summed E-state index contributed by atoms with van der Waals surface area (Å²) in [6, 6.07) is 15.7. The van der Waals surface area contributed by atoms with Crippen molar-refractivity contribution in [1.82, 2.24) is 10.6 Å². The molecule has 1 saturated heterocycles. The van der Waals surface area contributed by atoms with Crippen molar-refractivity contribution in [1.29, 1.82) is 0 Å². The van der Waals surface area contributed by atoms with Gasteiger partial charge in [-0.2, -0.15) is 0 Å². The molecule has 2 aliphatic rings. The molecule has 34 heavy (non-hydrogen) atoms. The Bertz CT molecular complexity index is 1010. The maximum Gasteiger partial charge on any atom is 0.407 e. The molecule has 0 bridgehead atoms. The molecule has 8 nitrogen and oxygen atoms in total. The van der Waals surface area contributed by atoms with Crippen molar-refractivity contribution >= 4 is 18.0 Å². The molecule has 0 spiro atoms. The van der Waals surface area contributed by atoms with Gasteiger partial charge in [0, 0.05) is 19.1 Å². The largest absolute Gasteiger partial charge is 0.481 e. The highest BCUT2D eigenvalue weighted by atomic mass is 16.6. The Balaban J connectivity index is 1.32. The maximum absolute atomic E-state index is 12.6. The van der Waals surface area contributed by atoms with Crippen LogP contribution in [0.3, 0.4) is 0 Å². The van der Waals surface area contributed by atoms with Crippen LogP contribution in [0.2, 0.25) is 0 Å². The highest BCUT2D eigenvalue weighted by molar-refractivity contribution is 5.83. The summed E-state index contributed by atoms with van der Waals surface area (Å²) in [5.74, 6) is -2.07. The molecule has 3 atom stereocenters. The van der Waals surface area contributed by atoms with E-state index in [0.29, 0.717) is 25.9 Å². The second-order valence-corrected chi connectivity index (χ2v) is 8.73. The predicted octanol–water partition coefficient (Wildman–Crippen LogP) is 3.30. The lowest BCUT2D eigenvalue weighted by Gasteiger charge is -2.21. The average Bonchev–Trinajstić information content (AvgIpc) is 3.42. The van der Waals surface area contributed by atoms with E-state index in [2.05, 4.69) is 34.9 Å². The fraction of sp³-hybridized carbons (Fsp3) is 0.423. The first-order valence-corrected chi connectivity index (χ1v) is 11.7. The molecule has 2 aromatic rings. The third-order valence-corrected chi connectivity index (χ3v) is 6.51. The van der Waals surface area contributed by atoms with Gasteiger partial charge in [-0.3, -0.25) is 9.59 Å². The van der Waals surface area contributed by atoms with Gasteiger partial charge in [0.25, 0.3) is 5.91 Å². The number of alkyl carbamates (subject to hydrolysis) is 1. The fourth-order valence-electron chi connectivity index (χ4n) is 4.77. The van der Waals surface area contributed by atoms with E-state index in [0.717, 1.165) is 22.3 Å². The molecule has 1 heterocycles. The molecule has 1 fully saturated rings. The minimum absolute atomic E-state index is 0.0273. The molecule has 2 aromatic carbocycles. The molecule has 1 aliphatic heterocycles. The zero-order valence-electron chi connectivity index (χ0n) is 19.2. The summed E-state index contributed by atoms with van der Waals surface area (Å²) in [5.41, 5.74) is 4.54. The topological polar surface area (TPSA) is 114 Å². The number of benzene rings is 2. The Kier molecular flexibility index (Phi) is 7.47. The normalized spacial score (nSPS) is 19.7. The van der Waals surface area contributed by atoms with Crippen LogP contribution in [0, 0.1) is 5.92 Å². The fourth-order valence-corrected chi connectivity index (χ4v) is 4.77. The van der Waals surface area contributed by atoms with Gasteiger partial charge in [-0.25, -0.2) is 4.79 Å². The molecule has 180 valence electrons. The average molecular weight is 467 g/mol. The van der Waals surface area contributed by atoms with Gasteiger partial charge in [-0.15, -0.1) is 0 Å². The van der Waals surface area contributed by atoms with E-state index in [1.807, 2.05) is 31.2 Å². The number of nitrogens with one attached hydrogen (secondary N) is 2. The van der Waals surface area contributed by atoms with E-state index in [4.69, 9.17) is 9.47 Å². The summed E-state index contributed by atoms with van der Waals surface area (Å²) in [6.45, 7) is 2.43. The zero-order valence-corrected chi connectivity index (χ0v) is 19.2. The van der Waals surface area contributed by atoms with Gasteiger partial charge in [0.05, 0.1) is 12.0 Å². The number of carbonyl (C=O) groups excluding carboxylic acids is 2. The van der Waals surface area contributed by atoms with E-state index in [1.165, 1.54) is 0 Å². The van der Waals surface area contributed by atoms with Crippen LogP contribution in [-0.2, 0) is 19.1 Å². The Morgan fingerprint density at radius 3 is 2.35 bits per heavy atom. The van der Waals surface area contributed by atoms with E-state index >= 15 is 0 Å². The van der Waals surface area contributed by atoms with Gasteiger partial charge in [-0.05, 0) is 35.1 Å². The highest BCUT2D eigenvalue weighted by Crippen LogP contribution is 2.44. The molecular weight excluding hydrogens is 436 g/mol. The molecule has 1 aliphatic carbocycles. The van der Waals surface area contributed by atoms with Gasteiger partial charge < -0.3 is 25.2 Å². The summed E-state index contributed by atoms with van der Waals surface area (Å²) < 4.78 is 11.1. The quantitative estimate of drug-likeness (QED) is 0.523. The number of hydrogen-bond donors (Lipinski definition) is 3. The highest BCUT2D eigenvalue weighted by Gasteiger charge is 2.36. The van der Waals surface area contributed by atoms with Gasteiger partial charge in [0.2, 0.25) is 0 Å². The lowest BCUT2D eigenvalue weighted by Crippen LogP contribution is -2.49. The summed E-state index contributed by atoms with van der Waals surface area (Å²) in [7, 11) is 0. The maximum atomic E-state index is 12.6. The third kappa shape index (κ3) is 5.07. The minimum Gasteiger partial charge on any atom is -0.481 e. The van der Waals surface area contributed by atoms with E-state index in [1.54, 1.807) is 0 Å². The summed E-state index contributed by atoms with van der Waals surface area (Å²) in [5, 5.41) is 14.7. The second kappa shape index (κ2) is 10.7. The van der Waals surface area contributed by atoms with E-state index in [9.17, 15) is 19.5 Å². The molecular formula is C26H30N2O6. The van der Waals surface area contributed by atoms with Gasteiger partial charge in [0.15, 0.2) is 6.10 Å². The summed E-state index contributed by atoms with van der Waals surface area (Å²) in [4.78, 5) is 36.5. The number of rotatable bonds is 9. The first-order valence-electron chi connectivity index (χ1n) is 11.7. The molecule has 2 amide bonds. The van der Waals surface area contributed by atoms with E-state index < -0.39 is 36.0 Å². The van der Waals surface area contributed by atoms with Crippen LogP contribution in [0.5, 0.6) is 0 Å². The van der Waals surface area contributed by atoms with Crippen molar-refractivity contribution in [2.45, 2.75) is 44.2 Å². The number of ether oxygens (including phenoxy) is 2. The molecule has 8 heteroatoms.